The highest BCUT2D eigenvalue weighted by Crippen LogP contribution is 2.37. The fraction of sp³-hybridized carbons (Fsp3) is 0.636. The monoisotopic (exact) mass is 178 g/mol. The molecule has 0 unspecified atom stereocenters. The molecule has 13 heavy (non-hydrogen) atoms. The van der Waals surface area contributed by atoms with Gasteiger partial charge in [0, 0.05) is 16.9 Å². The molecule has 2 heteroatoms. The molecule has 0 radical (unpaired) electrons. The van der Waals surface area contributed by atoms with E-state index in [1.807, 2.05) is 0 Å². The maximum atomic E-state index is 6.37. The number of aromatic amines is 1. The number of aryl methyl sites for hydroxylation is 2. The topological polar surface area (TPSA) is 41.8 Å². The third-order valence-electron chi connectivity index (χ3n) is 3.18. The Bertz CT molecular complexity index is 306. The van der Waals surface area contributed by atoms with Gasteiger partial charge in [0.15, 0.2) is 0 Å². The van der Waals surface area contributed by atoms with Crippen molar-refractivity contribution in [3.8, 4) is 0 Å². The first-order valence-electron chi connectivity index (χ1n) is 5.07. The van der Waals surface area contributed by atoms with Gasteiger partial charge in [0.25, 0.3) is 0 Å². The molecule has 1 aliphatic carbocycles. The van der Waals surface area contributed by atoms with E-state index >= 15 is 0 Å². The molecule has 1 saturated carbocycles. The lowest BCUT2D eigenvalue weighted by Crippen LogP contribution is -2.33. The largest absolute Gasteiger partial charge is 0.362 e. The predicted molar refractivity (Wildman–Crippen MR) is 54.6 cm³/mol. The van der Waals surface area contributed by atoms with Crippen molar-refractivity contribution < 1.29 is 0 Å². The molecule has 72 valence electrons. The van der Waals surface area contributed by atoms with Crippen molar-refractivity contribution in [3.05, 3.63) is 23.0 Å². The van der Waals surface area contributed by atoms with Gasteiger partial charge in [-0.1, -0.05) is 12.8 Å². The van der Waals surface area contributed by atoms with Crippen LogP contribution in [0.4, 0.5) is 0 Å². The SMILES string of the molecule is Cc1cc(C2(N)CCCC2)c(C)[nH]1. The van der Waals surface area contributed by atoms with Gasteiger partial charge in [0.1, 0.15) is 0 Å². The van der Waals surface area contributed by atoms with Crippen LogP contribution < -0.4 is 5.73 Å². The van der Waals surface area contributed by atoms with Crippen LogP contribution >= 0.6 is 0 Å². The molecular formula is C11H18N2. The van der Waals surface area contributed by atoms with E-state index in [0.717, 1.165) is 12.8 Å². The Hall–Kier alpha value is -0.760. The van der Waals surface area contributed by atoms with Crippen LogP contribution in [0.5, 0.6) is 0 Å². The number of rotatable bonds is 1. The van der Waals surface area contributed by atoms with Crippen molar-refractivity contribution >= 4 is 0 Å². The molecule has 1 aromatic heterocycles. The lowest BCUT2D eigenvalue weighted by atomic mass is 9.89. The average Bonchev–Trinajstić information content (AvgIpc) is 2.59. The minimum Gasteiger partial charge on any atom is -0.362 e. The molecule has 0 aromatic carbocycles. The van der Waals surface area contributed by atoms with Crippen molar-refractivity contribution in [2.45, 2.75) is 45.1 Å². The Labute approximate surface area is 79.5 Å². The molecule has 1 aliphatic rings. The van der Waals surface area contributed by atoms with Gasteiger partial charge >= 0.3 is 0 Å². The summed E-state index contributed by atoms with van der Waals surface area (Å²) in [7, 11) is 0. The highest BCUT2D eigenvalue weighted by Gasteiger charge is 2.33. The van der Waals surface area contributed by atoms with Gasteiger partial charge < -0.3 is 10.7 Å². The van der Waals surface area contributed by atoms with Crippen LogP contribution in [0.15, 0.2) is 6.07 Å². The molecule has 0 atom stereocenters. The Morgan fingerprint density at radius 1 is 1.31 bits per heavy atom. The molecule has 0 bridgehead atoms. The van der Waals surface area contributed by atoms with Crippen LogP contribution in [0, 0.1) is 13.8 Å². The van der Waals surface area contributed by atoms with Gasteiger partial charge in [0.05, 0.1) is 0 Å². The van der Waals surface area contributed by atoms with Crippen LogP contribution in [-0.4, -0.2) is 4.98 Å². The minimum atomic E-state index is -0.0329. The molecular weight excluding hydrogens is 160 g/mol. The Morgan fingerprint density at radius 3 is 2.38 bits per heavy atom. The van der Waals surface area contributed by atoms with E-state index in [-0.39, 0.29) is 5.54 Å². The zero-order valence-electron chi connectivity index (χ0n) is 8.48. The van der Waals surface area contributed by atoms with Gasteiger partial charge in [-0.05, 0) is 38.3 Å². The van der Waals surface area contributed by atoms with Gasteiger partial charge in [0.2, 0.25) is 0 Å². The molecule has 0 aliphatic heterocycles. The number of hydrogen-bond acceptors (Lipinski definition) is 1. The lowest BCUT2D eigenvalue weighted by molar-refractivity contribution is 0.459. The zero-order valence-corrected chi connectivity index (χ0v) is 8.48. The van der Waals surface area contributed by atoms with E-state index in [0.29, 0.717) is 0 Å². The van der Waals surface area contributed by atoms with Gasteiger partial charge in [-0.3, -0.25) is 0 Å². The summed E-state index contributed by atoms with van der Waals surface area (Å²) in [6, 6.07) is 2.21. The molecule has 3 N–H and O–H groups in total. The van der Waals surface area contributed by atoms with E-state index in [1.54, 1.807) is 0 Å². The van der Waals surface area contributed by atoms with Gasteiger partial charge in [-0.15, -0.1) is 0 Å². The second-order valence-corrected chi connectivity index (χ2v) is 4.35. The Morgan fingerprint density at radius 2 is 1.92 bits per heavy atom. The summed E-state index contributed by atoms with van der Waals surface area (Å²) in [6.07, 6.45) is 4.84. The zero-order chi connectivity index (χ0) is 9.47. The number of nitrogens with two attached hydrogens (primary N) is 1. The third-order valence-corrected chi connectivity index (χ3v) is 3.18. The summed E-state index contributed by atoms with van der Waals surface area (Å²) in [6.45, 7) is 4.21. The molecule has 1 fully saturated rings. The number of hydrogen-bond donors (Lipinski definition) is 2. The number of H-pyrrole nitrogens is 1. The highest BCUT2D eigenvalue weighted by molar-refractivity contribution is 5.32. The van der Waals surface area contributed by atoms with Crippen molar-refractivity contribution in [2.24, 2.45) is 5.73 Å². The summed E-state index contributed by atoms with van der Waals surface area (Å²) < 4.78 is 0. The predicted octanol–water partition coefficient (Wildman–Crippen LogP) is 2.36. The molecule has 0 spiro atoms. The molecule has 0 amide bonds. The van der Waals surface area contributed by atoms with Gasteiger partial charge in [-0.2, -0.15) is 0 Å². The first-order chi connectivity index (χ1) is 6.12. The van der Waals surface area contributed by atoms with E-state index in [4.69, 9.17) is 5.73 Å². The lowest BCUT2D eigenvalue weighted by Gasteiger charge is -2.23. The van der Waals surface area contributed by atoms with E-state index in [2.05, 4.69) is 24.9 Å². The number of nitrogens with one attached hydrogen (secondary N) is 1. The first kappa shape index (κ1) is 8.82. The minimum absolute atomic E-state index is 0.0329. The van der Waals surface area contributed by atoms with E-state index in [1.165, 1.54) is 29.8 Å². The Kier molecular flexibility index (Phi) is 1.95. The summed E-state index contributed by atoms with van der Waals surface area (Å²) >= 11 is 0. The smallest absolute Gasteiger partial charge is 0.0427 e. The van der Waals surface area contributed by atoms with Crippen LogP contribution in [-0.2, 0) is 5.54 Å². The fourth-order valence-electron chi connectivity index (χ4n) is 2.52. The van der Waals surface area contributed by atoms with Crippen molar-refractivity contribution in [1.82, 2.24) is 4.98 Å². The summed E-state index contributed by atoms with van der Waals surface area (Å²) in [5, 5.41) is 0. The quantitative estimate of drug-likeness (QED) is 0.681. The van der Waals surface area contributed by atoms with Crippen LogP contribution in [0.1, 0.15) is 42.6 Å². The van der Waals surface area contributed by atoms with Crippen molar-refractivity contribution in [3.63, 3.8) is 0 Å². The maximum Gasteiger partial charge on any atom is 0.0427 e. The second-order valence-electron chi connectivity index (χ2n) is 4.35. The van der Waals surface area contributed by atoms with Crippen LogP contribution in [0.3, 0.4) is 0 Å². The molecule has 2 rings (SSSR count). The van der Waals surface area contributed by atoms with Gasteiger partial charge in [-0.25, -0.2) is 0 Å². The fourth-order valence-corrected chi connectivity index (χ4v) is 2.52. The third kappa shape index (κ3) is 1.39. The van der Waals surface area contributed by atoms with E-state index in [9.17, 15) is 0 Å². The molecule has 0 saturated heterocycles. The molecule has 2 nitrogen and oxygen atoms in total. The standard InChI is InChI=1S/C11H18N2/c1-8-7-10(9(2)13-8)11(12)5-3-4-6-11/h7,13H,3-6,12H2,1-2H3. The summed E-state index contributed by atoms with van der Waals surface area (Å²) in [5.74, 6) is 0. The highest BCUT2D eigenvalue weighted by atomic mass is 14.8. The summed E-state index contributed by atoms with van der Waals surface area (Å²) in [4.78, 5) is 3.33. The first-order valence-corrected chi connectivity index (χ1v) is 5.07. The van der Waals surface area contributed by atoms with Crippen LogP contribution in [0.2, 0.25) is 0 Å². The maximum absolute atomic E-state index is 6.37. The van der Waals surface area contributed by atoms with Crippen LogP contribution in [0.25, 0.3) is 0 Å². The summed E-state index contributed by atoms with van der Waals surface area (Å²) in [5.41, 5.74) is 10.2. The van der Waals surface area contributed by atoms with Crippen molar-refractivity contribution in [1.29, 1.82) is 0 Å². The second kappa shape index (κ2) is 2.88. The average molecular weight is 178 g/mol. The Balaban J connectivity index is 2.38. The van der Waals surface area contributed by atoms with Crippen molar-refractivity contribution in [2.75, 3.05) is 0 Å². The number of aromatic nitrogens is 1. The van der Waals surface area contributed by atoms with E-state index < -0.39 is 0 Å². The normalized spacial score (nSPS) is 20.8. The molecule has 1 aromatic rings. The molecule has 1 heterocycles.